The number of nitrogens with zero attached hydrogens (tertiary/aromatic N) is 1. The van der Waals surface area contributed by atoms with E-state index in [1.807, 2.05) is 43.3 Å². The number of fused-ring (bicyclic) bond motifs is 1. The van der Waals surface area contributed by atoms with Crippen LogP contribution in [0.25, 0.3) is 22.3 Å². The van der Waals surface area contributed by atoms with E-state index in [4.69, 9.17) is 9.15 Å². The van der Waals surface area contributed by atoms with Gasteiger partial charge in [-0.2, -0.15) is 0 Å². The van der Waals surface area contributed by atoms with Crippen LogP contribution in [0.4, 0.5) is 0 Å². The molecule has 28 heavy (non-hydrogen) atoms. The van der Waals surface area contributed by atoms with Gasteiger partial charge < -0.3 is 24.3 Å². The van der Waals surface area contributed by atoms with Crippen molar-refractivity contribution in [3.63, 3.8) is 0 Å². The number of carbonyl (C=O) groups is 1. The summed E-state index contributed by atoms with van der Waals surface area (Å²) in [5.41, 5.74) is 1.80. The van der Waals surface area contributed by atoms with Gasteiger partial charge in [0.2, 0.25) is 0 Å². The van der Waals surface area contributed by atoms with Crippen molar-refractivity contribution in [1.29, 1.82) is 0 Å². The van der Waals surface area contributed by atoms with Gasteiger partial charge >= 0.3 is 0 Å². The molecular weight excluding hydrogens is 358 g/mol. The zero-order chi connectivity index (χ0) is 19.7. The minimum absolute atomic E-state index is 0.182. The molecule has 0 spiro atoms. The fourth-order valence-electron chi connectivity index (χ4n) is 3.71. The maximum Gasteiger partial charge on any atom is 0.258 e. The highest BCUT2D eigenvalue weighted by Gasteiger charge is 2.32. The fourth-order valence-corrected chi connectivity index (χ4v) is 3.71. The van der Waals surface area contributed by atoms with Crippen molar-refractivity contribution < 1.29 is 24.2 Å². The molecule has 2 atom stereocenters. The van der Waals surface area contributed by atoms with E-state index in [1.54, 1.807) is 12.1 Å². The second-order valence-electron chi connectivity index (χ2n) is 7.02. The van der Waals surface area contributed by atoms with Crippen molar-refractivity contribution in [2.75, 3.05) is 19.7 Å². The Morgan fingerprint density at radius 3 is 2.54 bits per heavy atom. The average molecular weight is 381 g/mol. The molecule has 0 unspecified atom stereocenters. The smallest absolute Gasteiger partial charge is 0.258 e. The summed E-state index contributed by atoms with van der Waals surface area (Å²) in [6.45, 7) is 2.78. The molecule has 146 valence electrons. The Kier molecular flexibility index (Phi) is 5.07. The standard InChI is InChI=1S/C22H23NO5/c1-2-27-17-8-9-19-18(11-17)20(21(28-19)14-6-4-3-5-7-14)22(26)23-12-15(24)10-16(25)13-23/h3-9,11,15-16,24-25H,2,10,12-13H2,1H3/t15-,16-/m1/s1. The molecule has 1 saturated heterocycles. The van der Waals surface area contributed by atoms with Crippen LogP contribution < -0.4 is 4.74 Å². The molecule has 2 heterocycles. The topological polar surface area (TPSA) is 83.1 Å². The largest absolute Gasteiger partial charge is 0.494 e. The van der Waals surface area contributed by atoms with Crippen molar-refractivity contribution in [3.05, 3.63) is 54.1 Å². The number of likely N-dealkylation sites (tertiary alicyclic amines) is 1. The zero-order valence-corrected chi connectivity index (χ0v) is 15.7. The summed E-state index contributed by atoms with van der Waals surface area (Å²) >= 11 is 0. The van der Waals surface area contributed by atoms with Gasteiger partial charge in [0.15, 0.2) is 0 Å². The van der Waals surface area contributed by atoms with Crippen LogP contribution in [0.15, 0.2) is 52.9 Å². The first-order valence-corrected chi connectivity index (χ1v) is 9.47. The van der Waals surface area contributed by atoms with E-state index in [-0.39, 0.29) is 25.4 Å². The number of benzene rings is 2. The molecule has 2 aromatic carbocycles. The van der Waals surface area contributed by atoms with E-state index in [9.17, 15) is 15.0 Å². The number of amides is 1. The van der Waals surface area contributed by atoms with E-state index < -0.39 is 12.2 Å². The molecule has 1 aliphatic rings. The Balaban J connectivity index is 1.85. The van der Waals surface area contributed by atoms with Crippen LogP contribution in [0, 0.1) is 0 Å². The number of carbonyl (C=O) groups excluding carboxylic acids is 1. The van der Waals surface area contributed by atoms with Gasteiger partial charge in [-0.3, -0.25) is 4.79 Å². The monoisotopic (exact) mass is 381 g/mol. The van der Waals surface area contributed by atoms with Crippen LogP contribution in [0.1, 0.15) is 23.7 Å². The molecule has 6 nitrogen and oxygen atoms in total. The van der Waals surface area contributed by atoms with E-state index in [1.165, 1.54) is 4.90 Å². The number of piperidine rings is 1. The van der Waals surface area contributed by atoms with Crippen LogP contribution in [-0.4, -0.2) is 52.9 Å². The van der Waals surface area contributed by atoms with Gasteiger partial charge in [0.25, 0.3) is 5.91 Å². The summed E-state index contributed by atoms with van der Waals surface area (Å²) in [6.07, 6.45) is -1.22. The molecule has 1 fully saturated rings. The van der Waals surface area contributed by atoms with Gasteiger partial charge in [0.1, 0.15) is 17.1 Å². The van der Waals surface area contributed by atoms with Crippen molar-refractivity contribution in [3.8, 4) is 17.1 Å². The normalized spacial score (nSPS) is 19.8. The van der Waals surface area contributed by atoms with Crippen molar-refractivity contribution in [2.45, 2.75) is 25.6 Å². The van der Waals surface area contributed by atoms with E-state index >= 15 is 0 Å². The summed E-state index contributed by atoms with van der Waals surface area (Å²) in [5.74, 6) is 0.857. The maximum absolute atomic E-state index is 13.4. The van der Waals surface area contributed by atoms with Gasteiger partial charge in [-0.25, -0.2) is 0 Å². The minimum Gasteiger partial charge on any atom is -0.494 e. The number of aliphatic hydroxyl groups excluding tert-OH is 2. The second-order valence-corrected chi connectivity index (χ2v) is 7.02. The second kappa shape index (κ2) is 7.66. The molecule has 1 aromatic heterocycles. The predicted molar refractivity (Wildman–Crippen MR) is 105 cm³/mol. The van der Waals surface area contributed by atoms with Gasteiger partial charge in [-0.1, -0.05) is 30.3 Å². The van der Waals surface area contributed by atoms with Gasteiger partial charge in [0, 0.05) is 30.5 Å². The molecule has 2 N–H and O–H groups in total. The molecule has 1 amide bonds. The summed E-state index contributed by atoms with van der Waals surface area (Å²) in [6, 6.07) is 14.9. The minimum atomic E-state index is -0.745. The van der Waals surface area contributed by atoms with Crippen molar-refractivity contribution >= 4 is 16.9 Å². The molecular formula is C22H23NO5. The highest BCUT2D eigenvalue weighted by molar-refractivity contribution is 6.11. The first-order valence-electron chi connectivity index (χ1n) is 9.47. The quantitative estimate of drug-likeness (QED) is 0.726. The van der Waals surface area contributed by atoms with Crippen LogP contribution in [0.3, 0.4) is 0 Å². The third-order valence-electron chi connectivity index (χ3n) is 4.91. The highest BCUT2D eigenvalue weighted by Crippen LogP contribution is 2.36. The Morgan fingerprint density at radius 2 is 1.86 bits per heavy atom. The molecule has 1 aliphatic heterocycles. The number of aliphatic hydroxyl groups is 2. The molecule has 3 aromatic rings. The first-order chi connectivity index (χ1) is 13.6. The third kappa shape index (κ3) is 3.48. The summed E-state index contributed by atoms with van der Waals surface area (Å²) in [5, 5.41) is 20.7. The Labute approximate surface area is 163 Å². The Bertz CT molecular complexity index is 971. The molecule has 0 bridgehead atoms. The average Bonchev–Trinajstić information content (AvgIpc) is 3.06. The van der Waals surface area contributed by atoms with E-state index in [0.717, 1.165) is 5.56 Å². The molecule has 0 saturated carbocycles. The SMILES string of the molecule is CCOc1ccc2oc(-c3ccccc3)c(C(=O)N3C[C@H](O)C[C@@H](O)C3)c2c1. The number of hydrogen-bond donors (Lipinski definition) is 2. The highest BCUT2D eigenvalue weighted by atomic mass is 16.5. The first kappa shape index (κ1) is 18.5. The fraction of sp³-hybridized carbons (Fsp3) is 0.318. The molecule has 4 rings (SSSR count). The van der Waals surface area contributed by atoms with Crippen LogP contribution in [0.2, 0.25) is 0 Å². The Morgan fingerprint density at radius 1 is 1.14 bits per heavy atom. The third-order valence-corrected chi connectivity index (χ3v) is 4.91. The zero-order valence-electron chi connectivity index (χ0n) is 15.7. The lowest BCUT2D eigenvalue weighted by atomic mass is 10.0. The van der Waals surface area contributed by atoms with Gasteiger partial charge in [-0.15, -0.1) is 0 Å². The van der Waals surface area contributed by atoms with Crippen LogP contribution in [0.5, 0.6) is 5.75 Å². The van der Waals surface area contributed by atoms with E-state index in [2.05, 4.69) is 0 Å². The Hall–Kier alpha value is -2.83. The van der Waals surface area contributed by atoms with Crippen LogP contribution >= 0.6 is 0 Å². The van der Waals surface area contributed by atoms with Gasteiger partial charge in [-0.05, 0) is 25.1 Å². The number of rotatable bonds is 4. The summed E-state index contributed by atoms with van der Waals surface area (Å²) in [4.78, 5) is 14.9. The lowest BCUT2D eigenvalue weighted by molar-refractivity contribution is -0.00377. The van der Waals surface area contributed by atoms with Crippen molar-refractivity contribution in [2.24, 2.45) is 0 Å². The summed E-state index contributed by atoms with van der Waals surface area (Å²) in [7, 11) is 0. The van der Waals surface area contributed by atoms with Crippen molar-refractivity contribution in [1.82, 2.24) is 4.90 Å². The molecule has 6 heteroatoms. The van der Waals surface area contributed by atoms with E-state index in [0.29, 0.717) is 34.6 Å². The molecule has 0 radical (unpaired) electrons. The lowest BCUT2D eigenvalue weighted by Crippen LogP contribution is -2.48. The predicted octanol–water partition coefficient (Wildman–Crippen LogP) is 3.07. The number of furan rings is 1. The number of hydrogen-bond acceptors (Lipinski definition) is 5. The number of β-amino-alcohol motifs (C(OH)–C–C–N with tert-alkyl or cyclic N) is 2. The number of ether oxygens (including phenoxy) is 1. The maximum atomic E-state index is 13.4. The molecule has 0 aliphatic carbocycles. The van der Waals surface area contributed by atoms with Crippen LogP contribution in [-0.2, 0) is 0 Å². The summed E-state index contributed by atoms with van der Waals surface area (Å²) < 4.78 is 11.7. The lowest BCUT2D eigenvalue weighted by Gasteiger charge is -2.33. The van der Waals surface area contributed by atoms with Gasteiger partial charge in [0.05, 0.1) is 24.4 Å².